The summed E-state index contributed by atoms with van der Waals surface area (Å²) in [6.45, 7) is 8.64. The molecule has 3 rings (SSSR count). The number of aryl methyl sites for hydroxylation is 1. The lowest BCUT2D eigenvalue weighted by Gasteiger charge is -2.31. The van der Waals surface area contributed by atoms with Gasteiger partial charge in [0, 0.05) is 20.0 Å². The van der Waals surface area contributed by atoms with Crippen molar-refractivity contribution >= 4 is 11.8 Å². The molecule has 0 fully saturated rings. The molecule has 0 heterocycles. The third-order valence-corrected chi connectivity index (χ3v) is 6.04. The van der Waals surface area contributed by atoms with Crippen LogP contribution in [0.25, 0.3) is 0 Å². The summed E-state index contributed by atoms with van der Waals surface area (Å²) in [7, 11) is 1.60. The van der Waals surface area contributed by atoms with Crippen LogP contribution in [-0.4, -0.2) is 36.4 Å². The zero-order valence-corrected chi connectivity index (χ0v) is 21.4. The first-order valence-electron chi connectivity index (χ1n) is 12.0. The van der Waals surface area contributed by atoms with E-state index in [0.29, 0.717) is 18.7 Å². The SMILES string of the molecule is CNC(=O)[C@@H](Cc1ccccc1)N(Cc1cccc(C)c1)C(=O)COc1ccc(C(C)(C)C)cc1. The fourth-order valence-corrected chi connectivity index (χ4v) is 4.01. The van der Waals surface area contributed by atoms with Crippen LogP contribution in [0, 0.1) is 6.92 Å². The Morgan fingerprint density at radius 3 is 2.17 bits per heavy atom. The second kappa shape index (κ2) is 11.7. The maximum Gasteiger partial charge on any atom is 0.261 e. The van der Waals surface area contributed by atoms with Crippen molar-refractivity contribution in [2.75, 3.05) is 13.7 Å². The molecule has 0 unspecified atom stereocenters. The number of carbonyl (C=O) groups is 2. The summed E-state index contributed by atoms with van der Waals surface area (Å²) in [5, 5.41) is 2.74. The quantitative estimate of drug-likeness (QED) is 0.474. The number of nitrogens with zero attached hydrogens (tertiary/aromatic N) is 1. The molecule has 184 valence electrons. The summed E-state index contributed by atoms with van der Waals surface area (Å²) in [6.07, 6.45) is 0.415. The molecule has 0 bridgehead atoms. The highest BCUT2D eigenvalue weighted by atomic mass is 16.5. The summed E-state index contributed by atoms with van der Waals surface area (Å²) < 4.78 is 5.87. The molecule has 0 aliphatic rings. The minimum Gasteiger partial charge on any atom is -0.484 e. The molecule has 0 spiro atoms. The molecule has 35 heavy (non-hydrogen) atoms. The van der Waals surface area contributed by atoms with E-state index in [-0.39, 0.29) is 23.8 Å². The van der Waals surface area contributed by atoms with E-state index in [1.807, 2.05) is 85.8 Å². The normalized spacial score (nSPS) is 12.0. The molecular weight excluding hydrogens is 436 g/mol. The predicted molar refractivity (Wildman–Crippen MR) is 140 cm³/mol. The molecule has 0 saturated carbocycles. The molecule has 5 nitrogen and oxygen atoms in total. The van der Waals surface area contributed by atoms with Gasteiger partial charge in [-0.25, -0.2) is 0 Å². The Balaban J connectivity index is 1.84. The largest absolute Gasteiger partial charge is 0.484 e. The molecule has 3 aromatic carbocycles. The van der Waals surface area contributed by atoms with E-state index in [9.17, 15) is 9.59 Å². The number of hydrogen-bond donors (Lipinski definition) is 1. The number of carbonyl (C=O) groups excluding carboxylic acids is 2. The molecule has 5 heteroatoms. The van der Waals surface area contributed by atoms with Crippen LogP contribution in [0.1, 0.15) is 43.0 Å². The van der Waals surface area contributed by atoms with Crippen molar-refractivity contribution < 1.29 is 14.3 Å². The van der Waals surface area contributed by atoms with Gasteiger partial charge in [0.25, 0.3) is 5.91 Å². The van der Waals surface area contributed by atoms with Crippen LogP contribution < -0.4 is 10.1 Å². The van der Waals surface area contributed by atoms with Crippen LogP contribution in [-0.2, 0) is 28.0 Å². The molecule has 3 aromatic rings. The first-order chi connectivity index (χ1) is 16.7. The Morgan fingerprint density at radius 1 is 0.914 bits per heavy atom. The smallest absolute Gasteiger partial charge is 0.261 e. The molecule has 0 aromatic heterocycles. The zero-order chi connectivity index (χ0) is 25.4. The lowest BCUT2D eigenvalue weighted by atomic mass is 9.87. The van der Waals surface area contributed by atoms with Crippen LogP contribution in [0.3, 0.4) is 0 Å². The van der Waals surface area contributed by atoms with E-state index >= 15 is 0 Å². The van der Waals surface area contributed by atoms with Gasteiger partial charge in [0.05, 0.1) is 0 Å². The highest BCUT2D eigenvalue weighted by molar-refractivity contribution is 5.88. The maximum absolute atomic E-state index is 13.5. The monoisotopic (exact) mass is 472 g/mol. The van der Waals surface area contributed by atoms with Crippen LogP contribution >= 0.6 is 0 Å². The lowest BCUT2D eigenvalue weighted by molar-refractivity contribution is -0.142. The highest BCUT2D eigenvalue weighted by Gasteiger charge is 2.30. The Morgan fingerprint density at radius 2 is 1.57 bits per heavy atom. The Bertz CT molecular complexity index is 1120. The number of benzene rings is 3. The Kier molecular flexibility index (Phi) is 8.69. The molecule has 1 N–H and O–H groups in total. The first-order valence-corrected chi connectivity index (χ1v) is 12.0. The Hall–Kier alpha value is -3.60. The number of amides is 2. The van der Waals surface area contributed by atoms with Gasteiger partial charge in [-0.3, -0.25) is 9.59 Å². The molecule has 1 atom stereocenters. The molecular formula is C30H36N2O3. The van der Waals surface area contributed by atoms with Crippen LogP contribution in [0.4, 0.5) is 0 Å². The third kappa shape index (κ3) is 7.44. The van der Waals surface area contributed by atoms with Gasteiger partial charge in [0.15, 0.2) is 6.61 Å². The van der Waals surface area contributed by atoms with E-state index in [0.717, 1.165) is 16.7 Å². The minimum absolute atomic E-state index is 0.0388. The van der Waals surface area contributed by atoms with Gasteiger partial charge in [-0.1, -0.05) is 93.1 Å². The van der Waals surface area contributed by atoms with E-state index in [2.05, 4.69) is 26.1 Å². The van der Waals surface area contributed by atoms with E-state index in [1.54, 1.807) is 11.9 Å². The van der Waals surface area contributed by atoms with Crippen LogP contribution in [0.5, 0.6) is 5.75 Å². The van der Waals surface area contributed by atoms with Crippen LogP contribution in [0.2, 0.25) is 0 Å². The van der Waals surface area contributed by atoms with Crippen molar-refractivity contribution in [3.8, 4) is 5.75 Å². The number of likely N-dealkylation sites (N-methyl/N-ethyl adjacent to an activating group) is 1. The summed E-state index contributed by atoms with van der Waals surface area (Å²) in [5.74, 6) is 0.182. The van der Waals surface area contributed by atoms with Gasteiger partial charge >= 0.3 is 0 Å². The Labute approximate surface area is 209 Å². The fraction of sp³-hybridized carbons (Fsp3) is 0.333. The van der Waals surface area contributed by atoms with Crippen molar-refractivity contribution in [3.05, 3.63) is 101 Å². The minimum atomic E-state index is -0.665. The number of nitrogens with one attached hydrogen (secondary N) is 1. The fourth-order valence-electron chi connectivity index (χ4n) is 4.01. The van der Waals surface area contributed by atoms with Crippen molar-refractivity contribution in [3.63, 3.8) is 0 Å². The predicted octanol–water partition coefficient (Wildman–Crippen LogP) is 5.06. The topological polar surface area (TPSA) is 58.6 Å². The van der Waals surface area contributed by atoms with Crippen molar-refractivity contribution in [2.45, 2.75) is 52.1 Å². The summed E-state index contributed by atoms with van der Waals surface area (Å²) >= 11 is 0. The van der Waals surface area contributed by atoms with Crippen molar-refractivity contribution in [1.82, 2.24) is 10.2 Å². The van der Waals surface area contributed by atoms with Gasteiger partial charge in [0.2, 0.25) is 5.91 Å². The average molecular weight is 473 g/mol. The van der Waals surface area contributed by atoms with Crippen molar-refractivity contribution in [2.24, 2.45) is 0 Å². The highest BCUT2D eigenvalue weighted by Crippen LogP contribution is 2.24. The number of hydrogen-bond acceptors (Lipinski definition) is 3. The van der Waals surface area contributed by atoms with Crippen molar-refractivity contribution in [1.29, 1.82) is 0 Å². The maximum atomic E-state index is 13.5. The second-order valence-electron chi connectivity index (χ2n) is 9.89. The van der Waals surface area contributed by atoms with Gasteiger partial charge in [-0.05, 0) is 41.2 Å². The summed E-state index contributed by atoms with van der Waals surface area (Å²) in [4.78, 5) is 28.1. The molecule has 0 saturated heterocycles. The standard InChI is InChI=1S/C30H36N2O3/c1-22-10-9-13-24(18-22)20-32(27(29(34)31-5)19-23-11-7-6-8-12-23)28(33)21-35-26-16-14-25(15-17-26)30(2,3)4/h6-18,27H,19-21H2,1-5H3,(H,31,34)/t27-/m1/s1. The first kappa shape index (κ1) is 26.0. The van der Waals surface area contributed by atoms with E-state index < -0.39 is 6.04 Å². The van der Waals surface area contributed by atoms with Gasteiger partial charge in [0.1, 0.15) is 11.8 Å². The summed E-state index contributed by atoms with van der Waals surface area (Å²) in [5.41, 5.74) is 4.29. The number of rotatable bonds is 9. The molecule has 0 aliphatic heterocycles. The molecule has 0 aliphatic carbocycles. The third-order valence-electron chi connectivity index (χ3n) is 6.04. The second-order valence-corrected chi connectivity index (χ2v) is 9.89. The van der Waals surface area contributed by atoms with E-state index in [1.165, 1.54) is 5.56 Å². The lowest BCUT2D eigenvalue weighted by Crippen LogP contribution is -2.51. The van der Waals surface area contributed by atoms with Gasteiger partial charge in [-0.2, -0.15) is 0 Å². The zero-order valence-electron chi connectivity index (χ0n) is 21.4. The number of ether oxygens (including phenoxy) is 1. The average Bonchev–Trinajstić information content (AvgIpc) is 2.84. The summed E-state index contributed by atoms with van der Waals surface area (Å²) in [6, 6.07) is 24.9. The van der Waals surface area contributed by atoms with E-state index in [4.69, 9.17) is 4.74 Å². The molecule has 0 radical (unpaired) electrons. The van der Waals surface area contributed by atoms with Gasteiger partial charge < -0.3 is 15.0 Å². The van der Waals surface area contributed by atoms with Crippen LogP contribution in [0.15, 0.2) is 78.9 Å². The molecule has 2 amide bonds. The van der Waals surface area contributed by atoms with Gasteiger partial charge in [-0.15, -0.1) is 0 Å².